The van der Waals surface area contributed by atoms with Crippen molar-refractivity contribution < 1.29 is 5.11 Å². The van der Waals surface area contributed by atoms with Crippen molar-refractivity contribution in [2.45, 2.75) is 16.3 Å². The Labute approximate surface area is 115 Å². The summed E-state index contributed by atoms with van der Waals surface area (Å²) in [6.45, 7) is 0. The molecule has 0 bridgehead atoms. The molecule has 0 amide bonds. The third kappa shape index (κ3) is 3.05. The van der Waals surface area contributed by atoms with Crippen LogP contribution in [0.15, 0.2) is 42.5 Å². The van der Waals surface area contributed by atoms with Crippen LogP contribution in [0.5, 0.6) is 0 Å². The SMILES string of the molecule is OC(Cc1cccc2ccccc12)C(Cl)(Cl)Cl. The Morgan fingerprint density at radius 1 is 1.00 bits per heavy atom. The lowest BCUT2D eigenvalue weighted by atomic mass is 10.0. The zero-order chi connectivity index (χ0) is 12.5. The van der Waals surface area contributed by atoms with Gasteiger partial charge in [-0.2, -0.15) is 0 Å². The molecule has 0 fully saturated rings. The van der Waals surface area contributed by atoms with Crippen molar-refractivity contribution in [1.82, 2.24) is 0 Å². The van der Waals surface area contributed by atoms with Crippen molar-refractivity contribution >= 4 is 45.6 Å². The molecule has 1 atom stereocenters. The maximum Gasteiger partial charge on any atom is 0.216 e. The number of rotatable bonds is 2. The van der Waals surface area contributed by atoms with Crippen molar-refractivity contribution in [2.75, 3.05) is 0 Å². The highest BCUT2D eigenvalue weighted by atomic mass is 35.6. The monoisotopic (exact) mass is 288 g/mol. The number of fused-ring (bicyclic) bond motifs is 1. The van der Waals surface area contributed by atoms with Gasteiger partial charge in [-0.05, 0) is 16.3 Å². The van der Waals surface area contributed by atoms with Crippen LogP contribution in [-0.4, -0.2) is 15.0 Å². The second-order valence-electron chi connectivity index (χ2n) is 3.90. The second-order valence-corrected chi connectivity index (χ2v) is 6.27. The fraction of sp³-hybridized carbons (Fsp3) is 0.231. The van der Waals surface area contributed by atoms with Crippen LogP contribution in [0.1, 0.15) is 5.56 Å². The first-order valence-electron chi connectivity index (χ1n) is 5.20. The molecule has 0 radical (unpaired) electrons. The molecule has 0 aromatic heterocycles. The molecular weight excluding hydrogens is 279 g/mol. The van der Waals surface area contributed by atoms with E-state index in [2.05, 4.69) is 0 Å². The zero-order valence-electron chi connectivity index (χ0n) is 8.91. The van der Waals surface area contributed by atoms with Gasteiger partial charge in [0.25, 0.3) is 0 Å². The van der Waals surface area contributed by atoms with Gasteiger partial charge in [0.2, 0.25) is 3.79 Å². The summed E-state index contributed by atoms with van der Waals surface area (Å²) in [6.07, 6.45) is -0.698. The van der Waals surface area contributed by atoms with Gasteiger partial charge in [-0.25, -0.2) is 0 Å². The summed E-state index contributed by atoms with van der Waals surface area (Å²) in [4.78, 5) is 0. The van der Waals surface area contributed by atoms with Crippen LogP contribution in [0.25, 0.3) is 10.8 Å². The minimum Gasteiger partial charge on any atom is -0.388 e. The summed E-state index contributed by atoms with van der Waals surface area (Å²) in [5.41, 5.74) is 0.974. The molecule has 1 nitrogen and oxygen atoms in total. The maximum atomic E-state index is 9.80. The van der Waals surface area contributed by atoms with Crippen LogP contribution in [0.2, 0.25) is 0 Å². The number of aliphatic hydroxyl groups excluding tert-OH is 1. The van der Waals surface area contributed by atoms with E-state index in [-0.39, 0.29) is 0 Å². The van der Waals surface area contributed by atoms with Crippen molar-refractivity contribution in [2.24, 2.45) is 0 Å². The van der Waals surface area contributed by atoms with Gasteiger partial charge in [0.05, 0.1) is 0 Å². The third-order valence-electron chi connectivity index (χ3n) is 2.67. The van der Waals surface area contributed by atoms with E-state index in [0.29, 0.717) is 6.42 Å². The topological polar surface area (TPSA) is 20.2 Å². The molecule has 0 aliphatic heterocycles. The lowest BCUT2D eigenvalue weighted by Gasteiger charge is -2.19. The number of hydrogen-bond donors (Lipinski definition) is 1. The van der Waals surface area contributed by atoms with Crippen LogP contribution >= 0.6 is 34.8 Å². The first-order chi connectivity index (χ1) is 7.98. The molecule has 1 unspecified atom stereocenters. The predicted octanol–water partition coefficient (Wildman–Crippen LogP) is 4.11. The van der Waals surface area contributed by atoms with Crippen LogP contribution in [0, 0.1) is 0 Å². The Kier molecular flexibility index (Phi) is 3.84. The van der Waals surface area contributed by atoms with Gasteiger partial charge in [-0.15, -0.1) is 0 Å². The Hall–Kier alpha value is -0.470. The molecule has 17 heavy (non-hydrogen) atoms. The minimum absolute atomic E-state index is 0.317. The van der Waals surface area contributed by atoms with Gasteiger partial charge >= 0.3 is 0 Å². The second kappa shape index (κ2) is 5.03. The Balaban J connectivity index is 2.36. The maximum absolute atomic E-state index is 9.80. The number of alkyl halides is 3. The molecule has 0 heterocycles. The van der Waals surface area contributed by atoms with Crippen molar-refractivity contribution in [3.8, 4) is 0 Å². The molecule has 0 saturated carbocycles. The fourth-order valence-corrected chi connectivity index (χ4v) is 2.03. The van der Waals surface area contributed by atoms with E-state index in [1.807, 2.05) is 42.5 Å². The molecule has 1 N–H and O–H groups in total. The van der Waals surface area contributed by atoms with Crippen LogP contribution in [-0.2, 0) is 6.42 Å². The van der Waals surface area contributed by atoms with Crippen molar-refractivity contribution in [3.05, 3.63) is 48.0 Å². The summed E-state index contributed by atoms with van der Waals surface area (Å²) in [6, 6.07) is 13.8. The largest absolute Gasteiger partial charge is 0.388 e. The smallest absolute Gasteiger partial charge is 0.216 e. The highest BCUT2D eigenvalue weighted by Crippen LogP contribution is 2.33. The first kappa shape index (κ1) is 13.0. The highest BCUT2D eigenvalue weighted by molar-refractivity contribution is 6.68. The molecule has 2 aromatic rings. The normalized spacial score (nSPS) is 13.9. The molecule has 90 valence electrons. The standard InChI is InChI=1S/C13H11Cl3O/c14-13(15,16)12(17)8-10-6-3-5-9-4-1-2-7-11(9)10/h1-7,12,17H,8H2. The third-order valence-corrected chi connectivity index (χ3v) is 3.43. The van der Waals surface area contributed by atoms with E-state index >= 15 is 0 Å². The first-order valence-corrected chi connectivity index (χ1v) is 6.33. The minimum atomic E-state index is -1.66. The van der Waals surface area contributed by atoms with Crippen LogP contribution < -0.4 is 0 Å². The lowest BCUT2D eigenvalue weighted by molar-refractivity contribution is 0.179. The predicted molar refractivity (Wildman–Crippen MR) is 73.9 cm³/mol. The van der Waals surface area contributed by atoms with Gasteiger partial charge in [0, 0.05) is 6.42 Å². The van der Waals surface area contributed by atoms with E-state index in [4.69, 9.17) is 34.8 Å². The van der Waals surface area contributed by atoms with Crippen molar-refractivity contribution in [1.29, 1.82) is 0 Å². The summed E-state index contributed by atoms with van der Waals surface area (Å²) in [7, 11) is 0. The molecule has 0 spiro atoms. The van der Waals surface area contributed by atoms with E-state index in [0.717, 1.165) is 16.3 Å². The van der Waals surface area contributed by atoms with Gasteiger partial charge < -0.3 is 5.11 Å². The van der Waals surface area contributed by atoms with Gasteiger partial charge in [0.15, 0.2) is 0 Å². The Morgan fingerprint density at radius 2 is 1.65 bits per heavy atom. The zero-order valence-corrected chi connectivity index (χ0v) is 11.2. The van der Waals surface area contributed by atoms with Gasteiger partial charge in [-0.1, -0.05) is 77.3 Å². The fourth-order valence-electron chi connectivity index (χ4n) is 1.79. The van der Waals surface area contributed by atoms with Crippen molar-refractivity contribution in [3.63, 3.8) is 0 Å². The average Bonchev–Trinajstić information content (AvgIpc) is 2.28. The van der Waals surface area contributed by atoms with E-state index in [1.54, 1.807) is 0 Å². The van der Waals surface area contributed by atoms with Gasteiger partial charge in [-0.3, -0.25) is 0 Å². The number of benzene rings is 2. The van der Waals surface area contributed by atoms with E-state index < -0.39 is 9.90 Å². The molecular formula is C13H11Cl3O. The average molecular weight is 290 g/mol. The summed E-state index contributed by atoms with van der Waals surface area (Å²) in [5, 5.41) is 12.0. The summed E-state index contributed by atoms with van der Waals surface area (Å²) < 4.78 is -1.66. The molecule has 2 rings (SSSR count). The molecule has 0 aliphatic carbocycles. The molecule has 4 heteroatoms. The number of hydrogen-bond acceptors (Lipinski definition) is 1. The summed E-state index contributed by atoms with van der Waals surface area (Å²) >= 11 is 17.0. The lowest BCUT2D eigenvalue weighted by Crippen LogP contribution is -2.27. The van der Waals surface area contributed by atoms with Crippen LogP contribution in [0.4, 0.5) is 0 Å². The Bertz CT molecular complexity index is 514. The quantitative estimate of drug-likeness (QED) is 0.825. The highest BCUT2D eigenvalue weighted by Gasteiger charge is 2.30. The summed E-state index contributed by atoms with van der Waals surface area (Å²) in [5.74, 6) is 0. The number of aliphatic hydroxyl groups is 1. The molecule has 0 aliphatic rings. The van der Waals surface area contributed by atoms with Gasteiger partial charge in [0.1, 0.15) is 6.10 Å². The number of halogens is 3. The van der Waals surface area contributed by atoms with E-state index in [1.165, 1.54) is 0 Å². The molecule has 2 aromatic carbocycles. The van der Waals surface area contributed by atoms with E-state index in [9.17, 15) is 5.11 Å². The Morgan fingerprint density at radius 3 is 2.35 bits per heavy atom. The molecule has 0 saturated heterocycles. The van der Waals surface area contributed by atoms with Crippen LogP contribution in [0.3, 0.4) is 0 Å².